The molecule has 0 bridgehead atoms. The summed E-state index contributed by atoms with van der Waals surface area (Å²) in [6, 6.07) is 28.3. The molecule has 0 heterocycles. The van der Waals surface area contributed by atoms with Crippen LogP contribution in [-0.2, 0) is 26.2 Å². The van der Waals surface area contributed by atoms with Crippen molar-refractivity contribution >= 4 is 39.1 Å². The lowest BCUT2D eigenvalue weighted by molar-refractivity contribution is -0.140. The number of carbonyl (C=O) groups is 2. The molecule has 10 heteroatoms. The Morgan fingerprint density at radius 1 is 0.841 bits per heavy atom. The lowest BCUT2D eigenvalue weighted by Crippen LogP contribution is -2.52. The smallest absolute Gasteiger partial charge is 0.264 e. The fourth-order valence-electron chi connectivity index (χ4n) is 4.67. The van der Waals surface area contributed by atoms with Crippen LogP contribution in [0.15, 0.2) is 108 Å². The van der Waals surface area contributed by atoms with Gasteiger partial charge in [-0.1, -0.05) is 66.6 Å². The number of sulfonamides is 1. The molecule has 0 fully saturated rings. The first-order chi connectivity index (χ1) is 21.1. The van der Waals surface area contributed by atoms with Gasteiger partial charge < -0.3 is 15.0 Å². The van der Waals surface area contributed by atoms with E-state index in [4.69, 9.17) is 16.3 Å². The Balaban J connectivity index is 1.72. The summed E-state index contributed by atoms with van der Waals surface area (Å²) in [6.07, 6.45) is 0.335. The predicted molar refractivity (Wildman–Crippen MR) is 173 cm³/mol. The summed E-state index contributed by atoms with van der Waals surface area (Å²) in [7, 11) is -4.19. The van der Waals surface area contributed by atoms with Gasteiger partial charge in [0.15, 0.2) is 0 Å². The lowest BCUT2D eigenvalue weighted by atomic mass is 10.1. The Morgan fingerprint density at radius 3 is 2.05 bits per heavy atom. The fourth-order valence-corrected chi connectivity index (χ4v) is 6.21. The van der Waals surface area contributed by atoms with Crippen LogP contribution in [0.2, 0.25) is 5.02 Å². The Hall–Kier alpha value is -4.34. The highest BCUT2D eigenvalue weighted by molar-refractivity contribution is 7.92. The van der Waals surface area contributed by atoms with E-state index in [2.05, 4.69) is 5.32 Å². The van der Waals surface area contributed by atoms with Crippen molar-refractivity contribution in [3.63, 3.8) is 0 Å². The summed E-state index contributed by atoms with van der Waals surface area (Å²) in [5.41, 5.74) is 1.92. The molecule has 0 spiro atoms. The first-order valence-corrected chi connectivity index (χ1v) is 16.2. The molecule has 4 rings (SSSR count). The molecule has 0 aliphatic carbocycles. The van der Waals surface area contributed by atoms with Gasteiger partial charge in [0.1, 0.15) is 24.1 Å². The number of para-hydroxylation sites is 1. The molecule has 4 aromatic rings. The first-order valence-electron chi connectivity index (χ1n) is 14.4. The number of anilines is 1. The average molecular weight is 634 g/mol. The maximum Gasteiger partial charge on any atom is 0.264 e. The zero-order valence-corrected chi connectivity index (χ0v) is 26.5. The third kappa shape index (κ3) is 8.18. The van der Waals surface area contributed by atoms with E-state index in [9.17, 15) is 18.0 Å². The van der Waals surface area contributed by atoms with Crippen LogP contribution in [0.25, 0.3) is 0 Å². The summed E-state index contributed by atoms with van der Waals surface area (Å²) < 4.78 is 35.1. The second-order valence-corrected chi connectivity index (χ2v) is 12.5. The number of carbonyl (C=O) groups excluding carboxylic acids is 2. The van der Waals surface area contributed by atoms with Crippen LogP contribution in [0.1, 0.15) is 31.4 Å². The van der Waals surface area contributed by atoms with Gasteiger partial charge in [-0.3, -0.25) is 13.9 Å². The van der Waals surface area contributed by atoms with Gasteiger partial charge in [0.25, 0.3) is 10.0 Å². The molecule has 230 valence electrons. The number of nitrogens with zero attached hydrogens (tertiary/aromatic N) is 2. The lowest BCUT2D eigenvalue weighted by Gasteiger charge is -2.33. The fraction of sp³-hybridized carbons (Fsp3) is 0.235. The van der Waals surface area contributed by atoms with Crippen molar-refractivity contribution in [3.8, 4) is 11.5 Å². The van der Waals surface area contributed by atoms with Crippen molar-refractivity contribution in [2.45, 2.75) is 44.7 Å². The number of amides is 2. The zero-order chi connectivity index (χ0) is 31.7. The van der Waals surface area contributed by atoms with Gasteiger partial charge in [-0.05, 0) is 86.5 Å². The third-order valence-corrected chi connectivity index (χ3v) is 9.03. The van der Waals surface area contributed by atoms with E-state index < -0.39 is 28.5 Å². The number of halogens is 1. The van der Waals surface area contributed by atoms with Crippen molar-refractivity contribution in [2.75, 3.05) is 17.4 Å². The molecule has 4 aromatic carbocycles. The second-order valence-electron chi connectivity index (χ2n) is 10.2. The van der Waals surface area contributed by atoms with Gasteiger partial charge >= 0.3 is 0 Å². The Morgan fingerprint density at radius 2 is 1.45 bits per heavy atom. The summed E-state index contributed by atoms with van der Waals surface area (Å²) in [5, 5.41) is 3.34. The number of benzene rings is 4. The van der Waals surface area contributed by atoms with E-state index in [0.717, 1.165) is 15.4 Å². The van der Waals surface area contributed by atoms with Crippen LogP contribution in [0, 0.1) is 6.92 Å². The van der Waals surface area contributed by atoms with E-state index in [-0.39, 0.29) is 23.0 Å². The highest BCUT2D eigenvalue weighted by atomic mass is 35.5. The summed E-state index contributed by atoms with van der Waals surface area (Å²) >= 11 is 6.08. The molecule has 0 unspecified atom stereocenters. The van der Waals surface area contributed by atoms with Crippen LogP contribution < -0.4 is 14.4 Å². The van der Waals surface area contributed by atoms with E-state index in [1.165, 1.54) is 17.0 Å². The zero-order valence-electron chi connectivity index (χ0n) is 24.9. The van der Waals surface area contributed by atoms with Gasteiger partial charge in [0.05, 0.1) is 10.6 Å². The number of rotatable bonds is 13. The maximum atomic E-state index is 14.1. The largest absolute Gasteiger partial charge is 0.457 e. The molecule has 1 atom stereocenters. The molecular weight excluding hydrogens is 598 g/mol. The van der Waals surface area contributed by atoms with Crippen LogP contribution in [0.3, 0.4) is 0 Å². The van der Waals surface area contributed by atoms with Crippen molar-refractivity contribution < 1.29 is 22.7 Å². The van der Waals surface area contributed by atoms with Crippen LogP contribution >= 0.6 is 11.6 Å². The van der Waals surface area contributed by atoms with E-state index in [1.807, 2.05) is 44.2 Å². The van der Waals surface area contributed by atoms with Gasteiger partial charge in [0.2, 0.25) is 11.8 Å². The number of ether oxygens (including phenoxy) is 1. The molecule has 44 heavy (non-hydrogen) atoms. The number of hydrogen-bond acceptors (Lipinski definition) is 5. The molecule has 0 aromatic heterocycles. The van der Waals surface area contributed by atoms with Gasteiger partial charge in [-0.15, -0.1) is 0 Å². The first kappa shape index (κ1) is 32.6. The monoisotopic (exact) mass is 633 g/mol. The van der Waals surface area contributed by atoms with Gasteiger partial charge in [-0.2, -0.15) is 0 Å². The molecule has 0 saturated carbocycles. The van der Waals surface area contributed by atoms with Gasteiger partial charge in [0, 0.05) is 18.1 Å². The van der Waals surface area contributed by atoms with Crippen LogP contribution in [0.5, 0.6) is 11.5 Å². The van der Waals surface area contributed by atoms with Crippen molar-refractivity contribution in [2.24, 2.45) is 0 Å². The molecule has 0 aliphatic rings. The number of nitrogens with one attached hydrogen (secondary N) is 1. The Kier molecular flexibility index (Phi) is 11.0. The molecular formula is C34H36ClN3O5S. The quantitative estimate of drug-likeness (QED) is 0.179. The number of aryl methyl sites for hydroxylation is 1. The number of hydrogen-bond donors (Lipinski definition) is 1. The minimum atomic E-state index is -4.19. The SMILES string of the molecule is CCNC(=O)[C@H](CC)N(Cc1ccc(Cl)cc1)C(=O)CN(c1ccc(Oc2ccccc2)cc1)S(=O)(=O)c1ccc(C)cc1. The average Bonchev–Trinajstić information content (AvgIpc) is 3.02. The third-order valence-electron chi connectivity index (χ3n) is 6.99. The molecule has 0 aliphatic heterocycles. The van der Waals surface area contributed by atoms with E-state index in [0.29, 0.717) is 29.5 Å². The predicted octanol–water partition coefficient (Wildman–Crippen LogP) is 6.58. The Labute approximate surface area is 264 Å². The molecule has 2 amide bonds. The molecule has 8 nitrogen and oxygen atoms in total. The van der Waals surface area contributed by atoms with Crippen molar-refractivity contribution in [1.82, 2.24) is 10.2 Å². The number of likely N-dealkylation sites (N-methyl/N-ethyl adjacent to an activating group) is 1. The minimum absolute atomic E-state index is 0.0422. The molecule has 0 saturated heterocycles. The molecule has 1 N–H and O–H groups in total. The second kappa shape index (κ2) is 14.9. The standard InChI is InChI=1S/C34H36ClN3O5S/c1-4-32(34(40)36-5-2)37(23-26-13-15-27(35)16-14-26)33(39)24-38(44(41,42)31-21-11-25(3)12-22-31)28-17-19-30(20-18-28)43-29-9-7-6-8-10-29/h6-22,32H,4-5,23-24H2,1-3H3,(H,36,40)/t32-/m0/s1. The topological polar surface area (TPSA) is 96.0 Å². The normalized spacial score (nSPS) is 11.8. The summed E-state index contributed by atoms with van der Waals surface area (Å²) in [5.74, 6) is 0.296. The van der Waals surface area contributed by atoms with Gasteiger partial charge in [-0.25, -0.2) is 8.42 Å². The highest BCUT2D eigenvalue weighted by Gasteiger charge is 2.33. The molecule has 0 radical (unpaired) electrons. The van der Waals surface area contributed by atoms with Crippen LogP contribution in [0.4, 0.5) is 5.69 Å². The van der Waals surface area contributed by atoms with Crippen molar-refractivity contribution in [3.05, 3.63) is 119 Å². The maximum absolute atomic E-state index is 14.1. The Bertz CT molecular complexity index is 1650. The summed E-state index contributed by atoms with van der Waals surface area (Å²) in [4.78, 5) is 28.7. The highest BCUT2D eigenvalue weighted by Crippen LogP contribution is 2.29. The van der Waals surface area contributed by atoms with E-state index in [1.54, 1.807) is 67.6 Å². The van der Waals surface area contributed by atoms with Crippen molar-refractivity contribution in [1.29, 1.82) is 0 Å². The van der Waals surface area contributed by atoms with E-state index >= 15 is 0 Å². The minimum Gasteiger partial charge on any atom is -0.457 e. The summed E-state index contributed by atoms with van der Waals surface area (Å²) in [6.45, 7) is 5.44. The van der Waals surface area contributed by atoms with Crippen LogP contribution in [-0.4, -0.2) is 44.3 Å².